The molecule has 0 bridgehead atoms. The van der Waals surface area contributed by atoms with Crippen LogP contribution in [0.2, 0.25) is 0 Å². The van der Waals surface area contributed by atoms with Gasteiger partial charge in [-0.25, -0.2) is 0 Å². The summed E-state index contributed by atoms with van der Waals surface area (Å²) in [6, 6.07) is 6.19. The Morgan fingerprint density at radius 1 is 1.20 bits per heavy atom. The number of phenolic OH excluding ortho intramolecular Hbond substituents is 1. The van der Waals surface area contributed by atoms with E-state index < -0.39 is 22.0 Å². The molecule has 0 atom stereocenters. The molecule has 1 heterocycles. The molecule has 8 heteroatoms. The van der Waals surface area contributed by atoms with Crippen LogP contribution in [0.25, 0.3) is 12.2 Å². The standard InChI is InChI=1S/C12H9N3O5/c16-8-4-1-7(2-5-8)3-6-9-13-11(17)10(15(19)20)12(18)14-9/h1-6,16H,(H2,13,14,17,18)/b6-3+. The van der Waals surface area contributed by atoms with Crippen molar-refractivity contribution in [1.82, 2.24) is 9.97 Å². The van der Waals surface area contributed by atoms with Crippen LogP contribution in [-0.4, -0.2) is 25.1 Å². The molecule has 0 fully saturated rings. The smallest absolute Gasteiger partial charge is 0.395 e. The minimum atomic E-state index is -1.03. The number of aromatic amines is 1. The summed E-state index contributed by atoms with van der Waals surface area (Å²) in [7, 11) is 0. The first kappa shape index (κ1) is 13.3. The maximum atomic E-state index is 11.4. The van der Waals surface area contributed by atoms with E-state index in [0.29, 0.717) is 5.56 Å². The molecule has 0 radical (unpaired) electrons. The zero-order chi connectivity index (χ0) is 14.7. The largest absolute Gasteiger partial charge is 0.508 e. The predicted molar refractivity (Wildman–Crippen MR) is 70.2 cm³/mol. The number of aromatic hydroxyl groups is 2. The maximum Gasteiger partial charge on any atom is 0.395 e. The molecule has 0 spiro atoms. The van der Waals surface area contributed by atoms with Gasteiger partial charge in [0.05, 0.1) is 4.92 Å². The minimum absolute atomic E-state index is 0.0221. The summed E-state index contributed by atoms with van der Waals surface area (Å²) in [6.45, 7) is 0. The van der Waals surface area contributed by atoms with Crippen molar-refractivity contribution in [3.8, 4) is 11.6 Å². The van der Waals surface area contributed by atoms with E-state index in [1.54, 1.807) is 18.2 Å². The number of aromatic nitrogens is 2. The molecular weight excluding hydrogens is 266 g/mol. The van der Waals surface area contributed by atoms with E-state index in [0.717, 1.165) is 0 Å². The molecule has 1 aromatic heterocycles. The van der Waals surface area contributed by atoms with Gasteiger partial charge in [-0.2, -0.15) is 4.98 Å². The lowest BCUT2D eigenvalue weighted by molar-refractivity contribution is -0.387. The molecule has 1 aromatic carbocycles. The van der Waals surface area contributed by atoms with Gasteiger partial charge in [0.2, 0.25) is 0 Å². The van der Waals surface area contributed by atoms with Crippen LogP contribution in [0.5, 0.6) is 11.6 Å². The molecule has 102 valence electrons. The van der Waals surface area contributed by atoms with Crippen molar-refractivity contribution in [2.75, 3.05) is 0 Å². The van der Waals surface area contributed by atoms with Crippen LogP contribution >= 0.6 is 0 Å². The normalized spacial score (nSPS) is 10.8. The molecule has 0 saturated carbocycles. The molecular formula is C12H9N3O5. The summed E-state index contributed by atoms with van der Waals surface area (Å²) < 4.78 is 0. The molecule has 0 aliphatic carbocycles. The van der Waals surface area contributed by atoms with E-state index in [2.05, 4.69) is 9.97 Å². The van der Waals surface area contributed by atoms with Crippen LogP contribution in [-0.2, 0) is 0 Å². The quantitative estimate of drug-likeness (QED) is 0.571. The second-order valence-corrected chi connectivity index (χ2v) is 3.81. The van der Waals surface area contributed by atoms with Crippen LogP contribution in [0.1, 0.15) is 11.4 Å². The Balaban J connectivity index is 2.33. The van der Waals surface area contributed by atoms with Gasteiger partial charge in [-0.3, -0.25) is 14.9 Å². The number of hydrogen-bond acceptors (Lipinski definition) is 6. The SMILES string of the molecule is O=c1[nH]c(/C=C/c2ccc(O)cc2)nc(O)c1[N+](=O)[O-]. The Morgan fingerprint density at radius 2 is 1.85 bits per heavy atom. The molecule has 2 aromatic rings. The lowest BCUT2D eigenvalue weighted by Crippen LogP contribution is -2.14. The number of benzene rings is 1. The van der Waals surface area contributed by atoms with Crippen molar-refractivity contribution >= 4 is 17.8 Å². The molecule has 0 unspecified atom stereocenters. The van der Waals surface area contributed by atoms with Gasteiger partial charge in [-0.15, -0.1) is 0 Å². The Morgan fingerprint density at radius 3 is 2.40 bits per heavy atom. The minimum Gasteiger partial charge on any atom is -0.508 e. The van der Waals surface area contributed by atoms with Crippen molar-refractivity contribution < 1.29 is 15.1 Å². The number of hydrogen-bond donors (Lipinski definition) is 3. The third kappa shape index (κ3) is 2.80. The highest BCUT2D eigenvalue weighted by Gasteiger charge is 2.21. The molecule has 2 rings (SSSR count). The van der Waals surface area contributed by atoms with Crippen molar-refractivity contribution in [1.29, 1.82) is 0 Å². The Hall–Kier alpha value is -3.16. The third-order valence-corrected chi connectivity index (χ3v) is 2.40. The lowest BCUT2D eigenvalue weighted by Gasteiger charge is -1.97. The van der Waals surface area contributed by atoms with Gasteiger partial charge in [-0.1, -0.05) is 18.2 Å². The third-order valence-electron chi connectivity index (χ3n) is 2.40. The van der Waals surface area contributed by atoms with Gasteiger partial charge in [0, 0.05) is 0 Å². The predicted octanol–water partition coefficient (Wildman–Crippen LogP) is 1.26. The van der Waals surface area contributed by atoms with E-state index in [4.69, 9.17) is 5.11 Å². The van der Waals surface area contributed by atoms with Gasteiger partial charge in [0.15, 0.2) is 0 Å². The van der Waals surface area contributed by atoms with E-state index in [1.807, 2.05) is 0 Å². The average molecular weight is 275 g/mol. The van der Waals surface area contributed by atoms with Gasteiger partial charge < -0.3 is 15.2 Å². The fraction of sp³-hybridized carbons (Fsp3) is 0. The summed E-state index contributed by atoms with van der Waals surface area (Å²) in [6.07, 6.45) is 2.93. The number of H-pyrrole nitrogens is 1. The lowest BCUT2D eigenvalue weighted by atomic mass is 10.2. The zero-order valence-electron chi connectivity index (χ0n) is 9.98. The summed E-state index contributed by atoms with van der Waals surface area (Å²) in [4.78, 5) is 26.6. The molecule has 3 N–H and O–H groups in total. The monoisotopic (exact) mass is 275 g/mol. The van der Waals surface area contributed by atoms with Crippen LogP contribution in [0, 0.1) is 10.1 Å². The number of nitrogens with zero attached hydrogens (tertiary/aromatic N) is 2. The molecule has 8 nitrogen and oxygen atoms in total. The Kier molecular flexibility index (Phi) is 3.47. The summed E-state index contributed by atoms with van der Waals surface area (Å²) in [5.74, 6) is -0.850. The molecule has 0 amide bonds. The van der Waals surface area contributed by atoms with Gasteiger partial charge in [0.25, 0.3) is 5.88 Å². The number of nitro groups is 1. The van der Waals surface area contributed by atoms with Crippen molar-refractivity contribution in [2.24, 2.45) is 0 Å². The first-order valence-electron chi connectivity index (χ1n) is 5.42. The fourth-order valence-electron chi connectivity index (χ4n) is 1.48. The first-order valence-corrected chi connectivity index (χ1v) is 5.42. The fourth-order valence-corrected chi connectivity index (χ4v) is 1.48. The van der Waals surface area contributed by atoms with Gasteiger partial charge in [-0.05, 0) is 23.8 Å². The van der Waals surface area contributed by atoms with Crippen LogP contribution in [0.3, 0.4) is 0 Å². The van der Waals surface area contributed by atoms with E-state index in [-0.39, 0.29) is 11.6 Å². The molecule has 0 aliphatic rings. The van der Waals surface area contributed by atoms with Crippen LogP contribution < -0.4 is 5.56 Å². The van der Waals surface area contributed by atoms with E-state index >= 15 is 0 Å². The van der Waals surface area contributed by atoms with Crippen molar-refractivity contribution in [2.45, 2.75) is 0 Å². The van der Waals surface area contributed by atoms with Crippen LogP contribution in [0.15, 0.2) is 29.1 Å². The van der Waals surface area contributed by atoms with Gasteiger partial charge >= 0.3 is 11.2 Å². The first-order chi connectivity index (χ1) is 9.47. The highest BCUT2D eigenvalue weighted by molar-refractivity contribution is 5.67. The van der Waals surface area contributed by atoms with Gasteiger partial charge in [0.1, 0.15) is 11.6 Å². The number of nitrogens with one attached hydrogen (secondary N) is 1. The topological polar surface area (TPSA) is 129 Å². The maximum absolute atomic E-state index is 11.4. The second kappa shape index (κ2) is 5.22. The Bertz CT molecular complexity index is 734. The Labute approximate surface area is 111 Å². The molecule has 20 heavy (non-hydrogen) atoms. The van der Waals surface area contributed by atoms with Crippen LogP contribution in [0.4, 0.5) is 5.69 Å². The second-order valence-electron chi connectivity index (χ2n) is 3.81. The van der Waals surface area contributed by atoms with E-state index in [1.165, 1.54) is 18.2 Å². The van der Waals surface area contributed by atoms with E-state index in [9.17, 15) is 20.0 Å². The molecule has 0 aliphatic heterocycles. The zero-order valence-corrected chi connectivity index (χ0v) is 9.98. The number of phenols is 1. The van der Waals surface area contributed by atoms with Crippen molar-refractivity contribution in [3.05, 3.63) is 56.1 Å². The highest BCUT2D eigenvalue weighted by Crippen LogP contribution is 2.17. The summed E-state index contributed by atoms with van der Waals surface area (Å²) in [5.41, 5.74) is -1.32. The summed E-state index contributed by atoms with van der Waals surface area (Å²) >= 11 is 0. The average Bonchev–Trinajstić information content (AvgIpc) is 2.37. The molecule has 0 saturated heterocycles. The highest BCUT2D eigenvalue weighted by atomic mass is 16.6. The summed E-state index contributed by atoms with van der Waals surface area (Å²) in [5, 5.41) is 29.0. The number of rotatable bonds is 3. The van der Waals surface area contributed by atoms with Crippen molar-refractivity contribution in [3.63, 3.8) is 0 Å².